The second-order valence-corrected chi connectivity index (χ2v) is 8.23. The summed E-state index contributed by atoms with van der Waals surface area (Å²) in [5.74, 6) is 1.46. The smallest absolute Gasteiger partial charge is 0.319 e. The number of hydrogen-bond donors (Lipinski definition) is 1. The quantitative estimate of drug-likeness (QED) is 0.800. The molecule has 0 aliphatic carbocycles. The van der Waals surface area contributed by atoms with Gasteiger partial charge in [-0.1, -0.05) is 12.1 Å². The molecule has 1 unspecified atom stereocenters. The summed E-state index contributed by atoms with van der Waals surface area (Å²) >= 11 is 0. The zero-order valence-corrected chi connectivity index (χ0v) is 18.2. The lowest BCUT2D eigenvalue weighted by atomic mass is 9.88. The Balaban J connectivity index is 1.43. The predicted octanol–water partition coefficient (Wildman–Crippen LogP) is 1.58. The highest BCUT2D eigenvalue weighted by Gasteiger charge is 2.47. The van der Waals surface area contributed by atoms with Gasteiger partial charge in [-0.2, -0.15) is 0 Å². The van der Waals surface area contributed by atoms with Crippen LogP contribution in [0.25, 0.3) is 0 Å². The van der Waals surface area contributed by atoms with E-state index in [-0.39, 0.29) is 11.9 Å². The Labute approximate surface area is 181 Å². The number of ether oxygens (including phenoxy) is 2. The number of methoxy groups -OCH3 is 1. The van der Waals surface area contributed by atoms with Gasteiger partial charge >= 0.3 is 6.03 Å². The molecule has 31 heavy (non-hydrogen) atoms. The normalized spacial score (nSPS) is 19.6. The molecular weight excluding hydrogens is 398 g/mol. The second kappa shape index (κ2) is 8.58. The number of nitrogens with one attached hydrogen (secondary N) is 1. The highest BCUT2D eigenvalue weighted by molar-refractivity contribution is 5.81. The maximum Gasteiger partial charge on any atom is 0.319 e. The van der Waals surface area contributed by atoms with Crippen LogP contribution < -0.4 is 10.1 Å². The van der Waals surface area contributed by atoms with Crippen molar-refractivity contribution in [2.75, 3.05) is 34.3 Å². The van der Waals surface area contributed by atoms with Gasteiger partial charge in [-0.25, -0.2) is 9.78 Å². The molecule has 1 atom stereocenters. The van der Waals surface area contributed by atoms with Gasteiger partial charge < -0.3 is 29.2 Å². The van der Waals surface area contributed by atoms with Crippen molar-refractivity contribution in [3.63, 3.8) is 0 Å². The van der Waals surface area contributed by atoms with E-state index < -0.39 is 11.7 Å². The standard InChI is InChI=1S/C22H29N5O4/c1-25(2)21(29)26-11-8-22(9-12-26)20-23-10-13-27(20)15-18(31-22)19(28)24-14-16-4-6-17(30-3)7-5-16/h4-7,10,13,18H,8-9,11-12,14-15H2,1-3H3,(H,24,28). The van der Waals surface area contributed by atoms with E-state index >= 15 is 0 Å². The Hall–Kier alpha value is -3.07. The van der Waals surface area contributed by atoms with Gasteiger partial charge in [0.1, 0.15) is 17.2 Å². The molecule has 0 bridgehead atoms. The fourth-order valence-corrected chi connectivity index (χ4v) is 4.26. The Morgan fingerprint density at radius 2 is 1.97 bits per heavy atom. The highest BCUT2D eigenvalue weighted by Crippen LogP contribution is 2.40. The number of hydrogen-bond acceptors (Lipinski definition) is 5. The first-order valence-corrected chi connectivity index (χ1v) is 10.5. The van der Waals surface area contributed by atoms with E-state index in [1.807, 2.05) is 39.9 Å². The van der Waals surface area contributed by atoms with Gasteiger partial charge in [-0.15, -0.1) is 0 Å². The van der Waals surface area contributed by atoms with Gasteiger partial charge in [0.25, 0.3) is 5.91 Å². The van der Waals surface area contributed by atoms with Crippen LogP contribution in [0.1, 0.15) is 24.2 Å². The molecule has 1 aromatic heterocycles. The van der Waals surface area contributed by atoms with Gasteiger partial charge in [-0.05, 0) is 17.7 Å². The summed E-state index contributed by atoms with van der Waals surface area (Å²) in [5.41, 5.74) is 0.325. The molecule has 3 heterocycles. The van der Waals surface area contributed by atoms with Crippen molar-refractivity contribution in [3.8, 4) is 5.75 Å². The minimum absolute atomic E-state index is 0.0113. The molecule has 2 aromatic rings. The molecule has 1 fully saturated rings. The molecule has 0 radical (unpaired) electrons. The maximum atomic E-state index is 12.9. The van der Waals surface area contributed by atoms with Crippen molar-refractivity contribution >= 4 is 11.9 Å². The molecule has 2 aliphatic heterocycles. The molecule has 1 spiro atoms. The average Bonchev–Trinajstić information content (AvgIpc) is 3.27. The second-order valence-electron chi connectivity index (χ2n) is 8.23. The van der Waals surface area contributed by atoms with Crippen LogP contribution in [-0.2, 0) is 28.2 Å². The molecule has 9 nitrogen and oxygen atoms in total. The highest BCUT2D eigenvalue weighted by atomic mass is 16.5. The zero-order chi connectivity index (χ0) is 22.0. The Morgan fingerprint density at radius 1 is 1.26 bits per heavy atom. The first-order valence-electron chi connectivity index (χ1n) is 10.5. The van der Waals surface area contributed by atoms with Crippen LogP contribution in [0.4, 0.5) is 4.79 Å². The van der Waals surface area contributed by atoms with Crippen molar-refractivity contribution in [2.45, 2.75) is 37.6 Å². The number of amides is 3. The van der Waals surface area contributed by atoms with Crippen LogP contribution in [0.15, 0.2) is 36.7 Å². The summed E-state index contributed by atoms with van der Waals surface area (Å²) in [6.45, 7) is 1.96. The summed E-state index contributed by atoms with van der Waals surface area (Å²) < 4.78 is 13.6. The number of fused-ring (bicyclic) bond motifs is 2. The van der Waals surface area contributed by atoms with E-state index in [9.17, 15) is 9.59 Å². The summed E-state index contributed by atoms with van der Waals surface area (Å²) in [5, 5.41) is 2.98. The van der Waals surface area contributed by atoms with Crippen molar-refractivity contribution in [3.05, 3.63) is 48.0 Å². The van der Waals surface area contributed by atoms with Crippen LogP contribution in [-0.4, -0.2) is 71.7 Å². The maximum absolute atomic E-state index is 12.9. The van der Waals surface area contributed by atoms with Gasteiger partial charge in [0.2, 0.25) is 0 Å². The monoisotopic (exact) mass is 427 g/mol. The van der Waals surface area contributed by atoms with Crippen LogP contribution in [0, 0.1) is 0 Å². The van der Waals surface area contributed by atoms with Gasteiger partial charge in [0.05, 0.1) is 13.7 Å². The lowest BCUT2D eigenvalue weighted by molar-refractivity contribution is -0.172. The minimum atomic E-state index is -0.660. The number of likely N-dealkylation sites (tertiary alicyclic amines) is 1. The van der Waals surface area contributed by atoms with Crippen LogP contribution in [0.3, 0.4) is 0 Å². The molecule has 9 heteroatoms. The number of urea groups is 1. The third kappa shape index (κ3) is 4.23. The summed E-state index contributed by atoms with van der Waals surface area (Å²) in [6, 6.07) is 7.58. The molecule has 1 aromatic carbocycles. The molecule has 1 saturated heterocycles. The summed E-state index contributed by atoms with van der Waals surface area (Å²) in [6.07, 6.45) is 4.23. The zero-order valence-electron chi connectivity index (χ0n) is 18.2. The topological polar surface area (TPSA) is 88.9 Å². The Morgan fingerprint density at radius 3 is 2.61 bits per heavy atom. The molecular formula is C22H29N5O4. The van der Waals surface area contributed by atoms with Crippen LogP contribution in [0.5, 0.6) is 5.75 Å². The number of carbonyl (C=O) groups excluding carboxylic acids is 2. The number of carbonyl (C=O) groups is 2. The molecule has 0 saturated carbocycles. The minimum Gasteiger partial charge on any atom is -0.497 e. The first kappa shape index (κ1) is 21.2. The molecule has 1 N–H and O–H groups in total. The Bertz CT molecular complexity index is 932. The average molecular weight is 428 g/mol. The van der Waals surface area contributed by atoms with E-state index in [1.54, 1.807) is 32.3 Å². The molecule has 2 aliphatic rings. The van der Waals surface area contributed by atoms with E-state index in [1.165, 1.54) is 0 Å². The lowest BCUT2D eigenvalue weighted by Crippen LogP contribution is -2.55. The van der Waals surface area contributed by atoms with E-state index in [0.717, 1.165) is 17.1 Å². The number of imidazole rings is 1. The van der Waals surface area contributed by atoms with Gasteiger partial charge in [-0.3, -0.25) is 4.79 Å². The van der Waals surface area contributed by atoms with Crippen molar-refractivity contribution in [1.82, 2.24) is 24.7 Å². The van der Waals surface area contributed by atoms with E-state index in [4.69, 9.17) is 9.47 Å². The third-order valence-electron chi connectivity index (χ3n) is 6.00. The predicted molar refractivity (Wildman–Crippen MR) is 114 cm³/mol. The number of benzene rings is 1. The van der Waals surface area contributed by atoms with Crippen molar-refractivity contribution in [2.24, 2.45) is 0 Å². The van der Waals surface area contributed by atoms with Crippen LogP contribution in [0.2, 0.25) is 0 Å². The molecule has 166 valence electrons. The van der Waals surface area contributed by atoms with Crippen molar-refractivity contribution in [1.29, 1.82) is 0 Å². The summed E-state index contributed by atoms with van der Waals surface area (Å²) in [7, 11) is 5.12. The van der Waals surface area contributed by atoms with Crippen molar-refractivity contribution < 1.29 is 19.1 Å². The fourth-order valence-electron chi connectivity index (χ4n) is 4.26. The first-order chi connectivity index (χ1) is 14.9. The SMILES string of the molecule is COc1ccc(CNC(=O)C2Cn3ccnc3C3(CCN(C(=O)N(C)C)CC3)O2)cc1. The number of rotatable bonds is 4. The van der Waals surface area contributed by atoms with Crippen LogP contribution >= 0.6 is 0 Å². The fraction of sp³-hybridized carbons (Fsp3) is 0.500. The van der Waals surface area contributed by atoms with Gasteiger partial charge in [0, 0.05) is 59.0 Å². The number of piperidine rings is 1. The number of nitrogens with zero attached hydrogens (tertiary/aromatic N) is 4. The molecule has 3 amide bonds. The van der Waals surface area contributed by atoms with E-state index in [2.05, 4.69) is 10.3 Å². The van der Waals surface area contributed by atoms with E-state index in [0.29, 0.717) is 39.0 Å². The largest absolute Gasteiger partial charge is 0.497 e. The third-order valence-corrected chi connectivity index (χ3v) is 6.00. The lowest BCUT2D eigenvalue weighted by Gasteiger charge is -2.45. The Kier molecular flexibility index (Phi) is 5.86. The summed E-state index contributed by atoms with van der Waals surface area (Å²) in [4.78, 5) is 33.2. The van der Waals surface area contributed by atoms with Gasteiger partial charge in [0.15, 0.2) is 6.10 Å². The molecule has 4 rings (SSSR count). The number of aromatic nitrogens is 2.